The molecule has 27 heavy (non-hydrogen) atoms. The molecular formula is C25H44O2. The van der Waals surface area contributed by atoms with E-state index in [2.05, 4.69) is 19.6 Å². The van der Waals surface area contributed by atoms with Crippen molar-refractivity contribution >= 4 is 5.97 Å². The minimum absolute atomic E-state index is 0.276. The number of hydrogen-bond donors (Lipinski definition) is 0. The molecule has 0 heterocycles. The van der Waals surface area contributed by atoms with Crippen LogP contribution in [0.5, 0.6) is 0 Å². The summed E-state index contributed by atoms with van der Waals surface area (Å²) in [5.41, 5.74) is 1.03. The van der Waals surface area contributed by atoms with E-state index in [1.807, 2.05) is 13.0 Å². The molecule has 2 nitrogen and oxygen atoms in total. The maximum atomic E-state index is 11.4. The van der Waals surface area contributed by atoms with Crippen LogP contribution in [0.25, 0.3) is 0 Å². The molecular weight excluding hydrogens is 332 g/mol. The Balaban J connectivity index is 3.29. The van der Waals surface area contributed by atoms with Gasteiger partial charge < -0.3 is 4.74 Å². The summed E-state index contributed by atoms with van der Waals surface area (Å²) >= 11 is 0. The van der Waals surface area contributed by atoms with Crippen LogP contribution in [-0.2, 0) is 9.53 Å². The van der Waals surface area contributed by atoms with Gasteiger partial charge in [0, 0.05) is 12.5 Å². The summed E-state index contributed by atoms with van der Waals surface area (Å²) in [5.74, 6) is -0.276. The van der Waals surface area contributed by atoms with E-state index in [1.165, 1.54) is 89.5 Å². The summed E-state index contributed by atoms with van der Waals surface area (Å²) in [6.45, 7) is 8.41. The largest absolute Gasteiger partial charge is 0.462 e. The second-order valence-electron chi connectivity index (χ2n) is 7.69. The van der Waals surface area contributed by atoms with Gasteiger partial charge >= 0.3 is 5.97 Å². The maximum Gasteiger partial charge on any atom is 0.330 e. The molecule has 0 aliphatic heterocycles. The summed E-state index contributed by atoms with van der Waals surface area (Å²) in [6.07, 6.45) is 27.2. The minimum Gasteiger partial charge on any atom is -0.462 e. The molecule has 0 fully saturated rings. The smallest absolute Gasteiger partial charge is 0.330 e. The molecule has 0 aromatic rings. The number of unbranched alkanes of at least 4 members (excludes halogenated alkanes) is 13. The second kappa shape index (κ2) is 21.0. The zero-order valence-corrected chi connectivity index (χ0v) is 18.1. The lowest BCUT2D eigenvalue weighted by atomic mass is 10.0. The van der Waals surface area contributed by atoms with Crippen LogP contribution in [-0.4, -0.2) is 12.6 Å². The lowest BCUT2D eigenvalue weighted by Crippen LogP contribution is -2.02. The first kappa shape index (κ1) is 25.7. The molecule has 0 rings (SSSR count). The molecule has 0 aliphatic rings. The SMILES string of the molecule is C=C(C)CCOC(=O)C=CC=CCCCCCCCCCCCCCCC. The predicted octanol–water partition coefficient (Wildman–Crippen LogP) is 8.09. The molecule has 0 aliphatic carbocycles. The van der Waals surface area contributed by atoms with E-state index in [0.717, 1.165) is 18.4 Å². The van der Waals surface area contributed by atoms with Crippen molar-refractivity contribution in [1.82, 2.24) is 0 Å². The van der Waals surface area contributed by atoms with Crippen molar-refractivity contribution < 1.29 is 9.53 Å². The molecule has 0 saturated carbocycles. The molecule has 0 aromatic heterocycles. The van der Waals surface area contributed by atoms with Crippen LogP contribution in [0.4, 0.5) is 0 Å². The zero-order chi connectivity index (χ0) is 20.0. The second-order valence-corrected chi connectivity index (χ2v) is 7.69. The number of rotatable bonds is 19. The Morgan fingerprint density at radius 3 is 1.85 bits per heavy atom. The highest BCUT2D eigenvalue weighted by Gasteiger charge is 1.95. The van der Waals surface area contributed by atoms with Crippen LogP contribution in [0, 0.1) is 0 Å². The minimum atomic E-state index is -0.276. The van der Waals surface area contributed by atoms with Crippen LogP contribution in [0.3, 0.4) is 0 Å². The fourth-order valence-corrected chi connectivity index (χ4v) is 2.96. The van der Waals surface area contributed by atoms with Gasteiger partial charge in [-0.3, -0.25) is 0 Å². The summed E-state index contributed by atoms with van der Waals surface area (Å²) in [7, 11) is 0. The first-order valence-electron chi connectivity index (χ1n) is 11.3. The van der Waals surface area contributed by atoms with Gasteiger partial charge in [-0.1, -0.05) is 108 Å². The third kappa shape index (κ3) is 22.6. The van der Waals surface area contributed by atoms with E-state index < -0.39 is 0 Å². The normalized spacial score (nSPS) is 11.5. The number of esters is 1. The van der Waals surface area contributed by atoms with Gasteiger partial charge in [0.1, 0.15) is 0 Å². The molecule has 0 unspecified atom stereocenters. The van der Waals surface area contributed by atoms with Gasteiger partial charge in [0.05, 0.1) is 6.61 Å². The third-order valence-electron chi connectivity index (χ3n) is 4.73. The van der Waals surface area contributed by atoms with E-state index in [9.17, 15) is 4.79 Å². The highest BCUT2D eigenvalue weighted by Crippen LogP contribution is 2.13. The van der Waals surface area contributed by atoms with Gasteiger partial charge in [-0.15, -0.1) is 6.58 Å². The molecule has 0 aromatic carbocycles. The fraction of sp³-hybridized carbons (Fsp3) is 0.720. The van der Waals surface area contributed by atoms with Crippen molar-refractivity contribution in [2.45, 2.75) is 110 Å². The topological polar surface area (TPSA) is 26.3 Å². The molecule has 2 heteroatoms. The molecule has 0 bridgehead atoms. The lowest BCUT2D eigenvalue weighted by molar-refractivity contribution is -0.137. The molecule has 0 N–H and O–H groups in total. The first-order chi connectivity index (χ1) is 13.2. The van der Waals surface area contributed by atoms with Crippen molar-refractivity contribution in [2.24, 2.45) is 0 Å². The predicted molar refractivity (Wildman–Crippen MR) is 119 cm³/mol. The Kier molecular flexibility index (Phi) is 20.0. The summed E-state index contributed by atoms with van der Waals surface area (Å²) in [4.78, 5) is 11.4. The van der Waals surface area contributed by atoms with E-state index in [1.54, 1.807) is 6.08 Å². The highest BCUT2D eigenvalue weighted by molar-refractivity contribution is 5.82. The van der Waals surface area contributed by atoms with Crippen molar-refractivity contribution in [2.75, 3.05) is 6.61 Å². The molecule has 0 saturated heterocycles. The summed E-state index contributed by atoms with van der Waals surface area (Å²) < 4.78 is 5.06. The first-order valence-corrected chi connectivity index (χ1v) is 11.3. The Labute approximate surface area is 169 Å². The van der Waals surface area contributed by atoms with Gasteiger partial charge in [0.15, 0.2) is 0 Å². The summed E-state index contributed by atoms with van der Waals surface area (Å²) in [6, 6.07) is 0. The Bertz CT molecular complexity index is 407. The van der Waals surface area contributed by atoms with Crippen LogP contribution in [0.1, 0.15) is 110 Å². The van der Waals surface area contributed by atoms with Crippen molar-refractivity contribution in [3.8, 4) is 0 Å². The monoisotopic (exact) mass is 376 g/mol. The maximum absolute atomic E-state index is 11.4. The van der Waals surface area contributed by atoms with E-state index in [0.29, 0.717) is 6.61 Å². The van der Waals surface area contributed by atoms with Crippen LogP contribution >= 0.6 is 0 Å². The van der Waals surface area contributed by atoms with E-state index in [4.69, 9.17) is 4.74 Å². The number of hydrogen-bond acceptors (Lipinski definition) is 2. The third-order valence-corrected chi connectivity index (χ3v) is 4.73. The van der Waals surface area contributed by atoms with Gasteiger partial charge in [-0.2, -0.15) is 0 Å². The van der Waals surface area contributed by atoms with Crippen molar-refractivity contribution in [3.63, 3.8) is 0 Å². The zero-order valence-electron chi connectivity index (χ0n) is 18.1. The number of allylic oxidation sites excluding steroid dienone is 3. The molecule has 0 radical (unpaired) electrons. The van der Waals surface area contributed by atoms with E-state index >= 15 is 0 Å². The molecule has 156 valence electrons. The average molecular weight is 377 g/mol. The van der Waals surface area contributed by atoms with Crippen molar-refractivity contribution in [1.29, 1.82) is 0 Å². The highest BCUT2D eigenvalue weighted by atomic mass is 16.5. The number of ether oxygens (including phenoxy) is 1. The van der Waals surface area contributed by atoms with Crippen LogP contribution < -0.4 is 0 Å². The van der Waals surface area contributed by atoms with E-state index in [-0.39, 0.29) is 5.97 Å². The molecule has 0 atom stereocenters. The summed E-state index contributed by atoms with van der Waals surface area (Å²) in [5, 5.41) is 0. The number of carbonyl (C=O) groups excluding carboxylic acids is 1. The Morgan fingerprint density at radius 1 is 0.815 bits per heavy atom. The molecule has 0 spiro atoms. The van der Waals surface area contributed by atoms with Crippen LogP contribution in [0.2, 0.25) is 0 Å². The average Bonchev–Trinajstić information content (AvgIpc) is 2.64. The molecule has 0 amide bonds. The Hall–Kier alpha value is -1.31. The standard InChI is InChI=1S/C25H44O2/c1-4-5-6-7-8-9-10-11-12-13-14-15-16-17-18-19-20-21-25(26)27-23-22-24(2)3/h18-21H,2,4-17,22-23H2,1,3H3. The lowest BCUT2D eigenvalue weighted by Gasteiger charge is -2.02. The number of carbonyl (C=O) groups is 1. The van der Waals surface area contributed by atoms with Gasteiger partial charge in [0.2, 0.25) is 0 Å². The van der Waals surface area contributed by atoms with Gasteiger partial charge in [-0.25, -0.2) is 4.79 Å². The van der Waals surface area contributed by atoms with Crippen LogP contribution in [0.15, 0.2) is 36.5 Å². The Morgan fingerprint density at radius 2 is 1.33 bits per heavy atom. The quantitative estimate of drug-likeness (QED) is 0.0748. The van der Waals surface area contributed by atoms with Crippen molar-refractivity contribution in [3.05, 3.63) is 36.5 Å². The fourth-order valence-electron chi connectivity index (χ4n) is 2.96. The van der Waals surface area contributed by atoms with Gasteiger partial charge in [0.25, 0.3) is 0 Å². The van der Waals surface area contributed by atoms with Gasteiger partial charge in [-0.05, 0) is 19.8 Å².